The fraction of sp³-hybridized carbons (Fsp3) is 0.833. The van der Waals surface area contributed by atoms with E-state index in [-0.39, 0.29) is 70.5 Å². The first-order valence-electron chi connectivity index (χ1n) is 17.4. The minimum atomic E-state index is -0.939. The first-order valence-corrected chi connectivity index (χ1v) is 17.4. The van der Waals surface area contributed by atoms with Gasteiger partial charge in [-0.25, -0.2) is 0 Å². The van der Waals surface area contributed by atoms with Crippen molar-refractivity contribution < 1.29 is 30.0 Å². The van der Waals surface area contributed by atoms with Crippen LogP contribution in [0.3, 0.4) is 0 Å². The number of unbranched alkanes of at least 4 members (excludes halogenated alkanes) is 16. The number of rotatable bonds is 30. The number of allylic oxidation sites excluding steroid dienone is 2. The third-order valence-electron chi connectivity index (χ3n) is 7.43. The Kier molecular flexibility index (Phi) is 43.8. The van der Waals surface area contributed by atoms with Gasteiger partial charge in [0.15, 0.2) is 0 Å². The third kappa shape index (κ3) is 46.4. The Morgan fingerprint density at radius 1 is 0.512 bits per heavy atom. The molecule has 0 aliphatic heterocycles. The van der Waals surface area contributed by atoms with Crippen LogP contribution < -0.4 is 10.2 Å². The number of carboxylic acid groups (broad SMARTS) is 2. The molecular weight excluding hydrogens is 616 g/mol. The van der Waals surface area contributed by atoms with Crippen molar-refractivity contribution in [2.75, 3.05) is 0 Å². The van der Waals surface area contributed by atoms with Crippen LogP contribution in [0.25, 0.3) is 0 Å². The zero-order valence-electron chi connectivity index (χ0n) is 28.1. The summed E-state index contributed by atoms with van der Waals surface area (Å²) in [5, 5.41) is 40.0. The molecule has 6 nitrogen and oxygen atoms in total. The van der Waals surface area contributed by atoms with Gasteiger partial charge < -0.3 is 30.0 Å². The fourth-order valence-electron chi connectivity index (χ4n) is 4.72. The van der Waals surface area contributed by atoms with Gasteiger partial charge >= 0.3 is 45.5 Å². The number of aliphatic carboxylic acids is 2. The summed E-state index contributed by atoms with van der Waals surface area (Å²) in [6.07, 6.45) is 34.0. The van der Waals surface area contributed by atoms with Crippen LogP contribution in [0.1, 0.15) is 181 Å². The average Bonchev–Trinajstić information content (AvgIpc) is 2.95. The van der Waals surface area contributed by atoms with Gasteiger partial charge in [0.25, 0.3) is 0 Å². The molecule has 0 rings (SSSR count). The number of hydrogen-bond acceptors (Lipinski definition) is 6. The van der Waals surface area contributed by atoms with Crippen molar-refractivity contribution in [3.8, 4) is 0 Å². The number of aliphatic hydroxyl groups excluding tert-OH is 2. The molecule has 0 aromatic heterocycles. The molecule has 0 saturated carbocycles. The van der Waals surface area contributed by atoms with E-state index < -0.39 is 11.9 Å². The first-order chi connectivity index (χ1) is 20.3. The molecule has 0 radical (unpaired) electrons. The summed E-state index contributed by atoms with van der Waals surface area (Å²) in [5.74, 6) is -1.88. The van der Waals surface area contributed by atoms with Crippen LogP contribution in [0.2, 0.25) is 0 Å². The van der Waals surface area contributed by atoms with Crippen LogP contribution in [0.4, 0.5) is 0 Å². The van der Waals surface area contributed by atoms with E-state index in [0.29, 0.717) is 0 Å². The molecular formula is C36H66O6Sr. The predicted octanol–water partition coefficient (Wildman–Crippen LogP) is 7.11. The van der Waals surface area contributed by atoms with Gasteiger partial charge in [-0.2, -0.15) is 0 Å². The maximum absolute atomic E-state index is 10.2. The van der Waals surface area contributed by atoms with Gasteiger partial charge in [0.05, 0.1) is 12.2 Å². The standard InChI is InChI=1S/2C18H34O3.Sr/c2*1-2-3-4-11-14-17(19)15-12-9-7-5-6-8-10-13-16-18(20)21;/h2*9,12,17,19H,2-8,10-11,13-16H2,1H3,(H,20,21);/q;;+2/p-2/t2*17-;/m11./s1. The molecule has 43 heavy (non-hydrogen) atoms. The molecule has 0 unspecified atom stereocenters. The van der Waals surface area contributed by atoms with Crippen molar-refractivity contribution in [2.45, 2.75) is 193 Å². The van der Waals surface area contributed by atoms with Gasteiger partial charge in [0, 0.05) is 11.9 Å². The molecule has 2 atom stereocenters. The van der Waals surface area contributed by atoms with Gasteiger partial charge in [-0.15, -0.1) is 0 Å². The second-order valence-electron chi connectivity index (χ2n) is 11.8. The monoisotopic (exact) mass is 682 g/mol. The zero-order valence-corrected chi connectivity index (χ0v) is 31.6. The summed E-state index contributed by atoms with van der Waals surface area (Å²) < 4.78 is 0. The molecule has 0 aliphatic carbocycles. The minimum Gasteiger partial charge on any atom is -0.550 e. The molecule has 0 amide bonds. The Labute approximate surface area is 302 Å². The Morgan fingerprint density at radius 2 is 0.837 bits per heavy atom. The second-order valence-corrected chi connectivity index (χ2v) is 11.8. The molecule has 0 spiro atoms. The molecule has 0 fully saturated rings. The number of carbonyl (C=O) groups is 2. The minimum absolute atomic E-state index is 0. The molecule has 2 N–H and O–H groups in total. The molecule has 0 heterocycles. The summed E-state index contributed by atoms with van der Waals surface area (Å²) in [7, 11) is 0. The van der Waals surface area contributed by atoms with Gasteiger partial charge in [0.1, 0.15) is 0 Å². The Hall–Kier alpha value is -0.179. The van der Waals surface area contributed by atoms with Crippen LogP contribution >= 0.6 is 0 Å². The van der Waals surface area contributed by atoms with Gasteiger partial charge in [0.2, 0.25) is 0 Å². The van der Waals surface area contributed by atoms with E-state index in [0.717, 1.165) is 116 Å². The van der Waals surface area contributed by atoms with Crippen LogP contribution in [-0.4, -0.2) is 79.8 Å². The van der Waals surface area contributed by atoms with Crippen molar-refractivity contribution in [3.63, 3.8) is 0 Å². The molecule has 7 heteroatoms. The first kappa shape index (κ1) is 47.2. The topological polar surface area (TPSA) is 121 Å². The molecule has 248 valence electrons. The largest absolute Gasteiger partial charge is 2.00 e. The summed E-state index contributed by atoms with van der Waals surface area (Å²) >= 11 is 0. The van der Waals surface area contributed by atoms with Gasteiger partial charge in [-0.05, 0) is 77.0 Å². The average molecular weight is 683 g/mol. The zero-order chi connectivity index (χ0) is 31.5. The number of aliphatic hydroxyl groups is 2. The fourth-order valence-corrected chi connectivity index (χ4v) is 4.72. The van der Waals surface area contributed by atoms with Crippen molar-refractivity contribution in [2.24, 2.45) is 0 Å². The Balaban J connectivity index is -0.000000727. The van der Waals surface area contributed by atoms with Crippen LogP contribution in [-0.2, 0) is 9.59 Å². The van der Waals surface area contributed by atoms with Crippen molar-refractivity contribution >= 4 is 57.4 Å². The molecule has 0 aliphatic rings. The van der Waals surface area contributed by atoms with E-state index in [9.17, 15) is 30.0 Å². The van der Waals surface area contributed by atoms with Gasteiger partial charge in [-0.3, -0.25) is 0 Å². The van der Waals surface area contributed by atoms with E-state index >= 15 is 0 Å². The Bertz CT molecular complexity index is 583. The number of hydrogen-bond donors (Lipinski definition) is 2. The van der Waals surface area contributed by atoms with Crippen molar-refractivity contribution in [3.05, 3.63) is 24.3 Å². The second kappa shape index (κ2) is 39.8. The summed E-state index contributed by atoms with van der Waals surface area (Å²) in [4.78, 5) is 20.4. The summed E-state index contributed by atoms with van der Waals surface area (Å²) in [6, 6.07) is 0. The van der Waals surface area contributed by atoms with E-state index in [1.807, 2.05) is 0 Å². The third-order valence-corrected chi connectivity index (χ3v) is 7.43. The summed E-state index contributed by atoms with van der Waals surface area (Å²) in [5.41, 5.74) is 0. The molecule has 0 aromatic rings. The van der Waals surface area contributed by atoms with Crippen molar-refractivity contribution in [1.29, 1.82) is 0 Å². The smallest absolute Gasteiger partial charge is 0.550 e. The summed E-state index contributed by atoms with van der Waals surface area (Å²) in [6.45, 7) is 4.39. The van der Waals surface area contributed by atoms with E-state index in [1.54, 1.807) is 0 Å². The van der Waals surface area contributed by atoms with Gasteiger partial charge in [-0.1, -0.05) is 128 Å². The van der Waals surface area contributed by atoms with E-state index in [1.165, 1.54) is 38.5 Å². The van der Waals surface area contributed by atoms with Crippen LogP contribution in [0.5, 0.6) is 0 Å². The maximum Gasteiger partial charge on any atom is 2.00 e. The number of carbonyl (C=O) groups excluding carboxylic acids is 2. The normalized spacial score (nSPS) is 12.6. The molecule has 0 saturated heterocycles. The Morgan fingerprint density at radius 3 is 1.19 bits per heavy atom. The molecule has 0 bridgehead atoms. The maximum atomic E-state index is 10.2. The van der Waals surface area contributed by atoms with Crippen LogP contribution in [0, 0.1) is 0 Å². The van der Waals surface area contributed by atoms with E-state index in [4.69, 9.17) is 0 Å². The quantitative estimate of drug-likeness (QED) is 0.0474. The van der Waals surface area contributed by atoms with Crippen LogP contribution in [0.15, 0.2) is 24.3 Å². The SMILES string of the molecule is CCCCCC[C@@H](O)CC=CCCCCCCCC(=O)[O-].CCCCCC[C@@H](O)CC=CCCCCCCCC(=O)[O-].[Sr+2]. The predicted molar refractivity (Wildman–Crippen MR) is 177 cm³/mol. The number of carboxylic acids is 2. The van der Waals surface area contributed by atoms with E-state index in [2.05, 4.69) is 38.2 Å². The van der Waals surface area contributed by atoms with Crippen molar-refractivity contribution in [1.82, 2.24) is 0 Å². The molecule has 0 aromatic carbocycles.